The molecule has 0 unspecified atom stereocenters. The highest BCUT2D eigenvalue weighted by Gasteiger charge is 2.18. The molecule has 0 radical (unpaired) electrons. The zero-order chi connectivity index (χ0) is 27.2. The molecule has 1 heterocycles. The molecule has 0 bridgehead atoms. The average Bonchev–Trinajstić information content (AvgIpc) is 2.87. The molecule has 2 aromatic carbocycles. The lowest BCUT2D eigenvalue weighted by atomic mass is 10.2. The molecule has 0 aliphatic carbocycles. The van der Waals surface area contributed by atoms with Crippen molar-refractivity contribution in [3.63, 3.8) is 0 Å². The van der Waals surface area contributed by atoms with Crippen LogP contribution in [0.25, 0.3) is 0 Å². The van der Waals surface area contributed by atoms with E-state index in [1.165, 1.54) is 0 Å². The fraction of sp³-hybridized carbons (Fsp3) is 0.185. The number of carboxylic acid groups (broad SMARTS) is 2. The molecule has 0 atom stereocenters. The number of halogens is 1. The number of aliphatic carboxylic acids is 2. The number of amides is 1. The Morgan fingerprint density at radius 3 is 2.11 bits per heavy atom. The summed E-state index contributed by atoms with van der Waals surface area (Å²) in [6.45, 7) is 1.76. The van der Waals surface area contributed by atoms with Gasteiger partial charge in [-0.2, -0.15) is 0 Å². The number of carboxylic acids is 2. The van der Waals surface area contributed by atoms with E-state index in [2.05, 4.69) is 62.3 Å². The number of hydrogen-bond acceptors (Lipinski definition) is 6. The van der Waals surface area contributed by atoms with Crippen molar-refractivity contribution in [1.82, 2.24) is 9.88 Å². The largest absolute Gasteiger partial charge is 0.478 e. The lowest BCUT2D eigenvalue weighted by molar-refractivity contribution is -0.134. The molecule has 9 nitrogen and oxygen atoms in total. The second-order valence-electron chi connectivity index (χ2n) is 7.96. The van der Waals surface area contributed by atoms with Gasteiger partial charge in [0.25, 0.3) is 5.91 Å². The van der Waals surface area contributed by atoms with Crippen molar-refractivity contribution >= 4 is 51.0 Å². The number of benzene rings is 2. The van der Waals surface area contributed by atoms with Gasteiger partial charge in [0, 0.05) is 35.1 Å². The molecule has 0 aliphatic rings. The summed E-state index contributed by atoms with van der Waals surface area (Å²) >= 11 is 3.45. The van der Waals surface area contributed by atoms with E-state index in [-0.39, 0.29) is 5.91 Å². The third-order valence-electron chi connectivity index (χ3n) is 4.83. The van der Waals surface area contributed by atoms with Gasteiger partial charge in [0.1, 0.15) is 0 Å². The van der Waals surface area contributed by atoms with E-state index in [1.54, 1.807) is 12.3 Å². The number of carbonyl (C=O) groups is 3. The summed E-state index contributed by atoms with van der Waals surface area (Å²) in [5.74, 6) is -1.95. The standard InChI is InChI=1S/C23H25BrN4O.C4H4O4/c1-27(2)16-9-17-28(18-10-4-3-5-11-18)22-21(14-8-15-25-22)26-23(29)19-12-6-7-13-20(19)24;5-3(6)1-2-4(7)8/h3-8,10-15H,9,16-17H2,1-2H3,(H,26,29);1-2H,(H,5,6)(H,7,8)/b;2-1+. The van der Waals surface area contributed by atoms with E-state index in [4.69, 9.17) is 10.2 Å². The quantitative estimate of drug-likeness (QED) is 0.295. The molecular formula is C27H29BrN4O5. The fourth-order valence-electron chi connectivity index (χ4n) is 3.20. The molecule has 0 saturated carbocycles. The maximum absolute atomic E-state index is 12.9. The van der Waals surface area contributed by atoms with Gasteiger partial charge in [-0.15, -0.1) is 0 Å². The normalized spacial score (nSPS) is 10.5. The van der Waals surface area contributed by atoms with Crippen LogP contribution in [0, 0.1) is 0 Å². The number of nitrogens with one attached hydrogen (secondary N) is 1. The van der Waals surface area contributed by atoms with E-state index in [0.717, 1.165) is 35.5 Å². The van der Waals surface area contributed by atoms with Gasteiger partial charge in [0.05, 0.1) is 11.3 Å². The van der Waals surface area contributed by atoms with Crippen molar-refractivity contribution in [2.75, 3.05) is 37.4 Å². The van der Waals surface area contributed by atoms with E-state index >= 15 is 0 Å². The molecule has 0 aliphatic heterocycles. The van der Waals surface area contributed by atoms with Crippen molar-refractivity contribution in [2.45, 2.75) is 6.42 Å². The van der Waals surface area contributed by atoms with Crippen molar-refractivity contribution < 1.29 is 24.6 Å². The van der Waals surface area contributed by atoms with Crippen LogP contribution in [0.4, 0.5) is 17.2 Å². The van der Waals surface area contributed by atoms with Crippen LogP contribution in [-0.2, 0) is 9.59 Å². The number of aromatic nitrogens is 1. The number of rotatable bonds is 10. The van der Waals surface area contributed by atoms with Gasteiger partial charge in [-0.3, -0.25) is 4.79 Å². The smallest absolute Gasteiger partial charge is 0.328 e. The van der Waals surface area contributed by atoms with Crippen LogP contribution in [0.5, 0.6) is 0 Å². The van der Waals surface area contributed by atoms with Crippen LogP contribution in [0.2, 0.25) is 0 Å². The Hall–Kier alpha value is -4.02. The third kappa shape index (κ3) is 10.2. The zero-order valence-corrected chi connectivity index (χ0v) is 22.1. The van der Waals surface area contributed by atoms with Gasteiger partial charge in [0.2, 0.25) is 0 Å². The second-order valence-corrected chi connectivity index (χ2v) is 8.82. The first-order valence-corrected chi connectivity index (χ1v) is 12.1. The highest BCUT2D eigenvalue weighted by atomic mass is 79.9. The maximum atomic E-state index is 12.9. The molecule has 0 saturated heterocycles. The first kappa shape index (κ1) is 29.2. The molecule has 37 heavy (non-hydrogen) atoms. The van der Waals surface area contributed by atoms with E-state index in [1.807, 2.05) is 48.5 Å². The number of para-hydroxylation sites is 1. The van der Waals surface area contributed by atoms with Crippen molar-refractivity contribution in [3.05, 3.63) is 95.1 Å². The third-order valence-corrected chi connectivity index (χ3v) is 5.52. The summed E-state index contributed by atoms with van der Waals surface area (Å²) < 4.78 is 0.758. The van der Waals surface area contributed by atoms with Crippen molar-refractivity contribution in [3.8, 4) is 0 Å². The number of hydrogen-bond donors (Lipinski definition) is 3. The molecule has 0 spiro atoms. The minimum absolute atomic E-state index is 0.173. The van der Waals surface area contributed by atoms with Crippen LogP contribution < -0.4 is 10.2 Å². The lowest BCUT2D eigenvalue weighted by Crippen LogP contribution is -2.25. The Labute approximate surface area is 224 Å². The SMILES string of the molecule is CN(C)CCCN(c1ccccc1)c1ncccc1NC(=O)c1ccccc1Br.O=C(O)/C=C/C(=O)O. The summed E-state index contributed by atoms with van der Waals surface area (Å²) in [5.41, 5.74) is 2.31. The molecule has 0 fully saturated rings. The van der Waals surface area contributed by atoms with Crippen LogP contribution in [-0.4, -0.2) is 65.1 Å². The van der Waals surface area contributed by atoms with Gasteiger partial charge in [-0.05, 0) is 79.4 Å². The molecule has 3 aromatic rings. The van der Waals surface area contributed by atoms with Crippen LogP contribution in [0.1, 0.15) is 16.8 Å². The molecule has 1 amide bonds. The zero-order valence-electron chi connectivity index (χ0n) is 20.5. The number of pyridine rings is 1. The monoisotopic (exact) mass is 568 g/mol. The lowest BCUT2D eigenvalue weighted by Gasteiger charge is -2.26. The van der Waals surface area contributed by atoms with Crippen molar-refractivity contribution in [1.29, 1.82) is 0 Å². The van der Waals surface area contributed by atoms with E-state index in [9.17, 15) is 14.4 Å². The highest BCUT2D eigenvalue weighted by Crippen LogP contribution is 2.31. The molecular weight excluding hydrogens is 540 g/mol. The summed E-state index contributed by atoms with van der Waals surface area (Å²) in [6, 6.07) is 21.2. The summed E-state index contributed by atoms with van der Waals surface area (Å²) in [6.07, 6.45) is 3.84. The predicted molar refractivity (Wildman–Crippen MR) is 147 cm³/mol. The number of nitrogens with zero attached hydrogens (tertiary/aromatic N) is 3. The Morgan fingerprint density at radius 2 is 1.51 bits per heavy atom. The minimum atomic E-state index is -1.26. The van der Waals surface area contributed by atoms with Gasteiger partial charge in [-0.1, -0.05) is 30.3 Å². The maximum Gasteiger partial charge on any atom is 0.328 e. The average molecular weight is 569 g/mol. The Morgan fingerprint density at radius 1 is 0.892 bits per heavy atom. The Bertz CT molecular complexity index is 1200. The highest BCUT2D eigenvalue weighted by molar-refractivity contribution is 9.10. The molecule has 1 aromatic heterocycles. The summed E-state index contributed by atoms with van der Waals surface area (Å²) in [7, 11) is 4.13. The Balaban J connectivity index is 0.000000521. The number of carbonyl (C=O) groups excluding carboxylic acids is 1. The van der Waals surface area contributed by atoms with Crippen LogP contribution >= 0.6 is 15.9 Å². The minimum Gasteiger partial charge on any atom is -0.478 e. The van der Waals surface area contributed by atoms with Gasteiger partial charge in [-0.25, -0.2) is 14.6 Å². The van der Waals surface area contributed by atoms with Crippen LogP contribution in [0.15, 0.2) is 89.6 Å². The van der Waals surface area contributed by atoms with Gasteiger partial charge >= 0.3 is 11.9 Å². The summed E-state index contributed by atoms with van der Waals surface area (Å²) in [5, 5.41) is 18.7. The van der Waals surface area contributed by atoms with Crippen molar-refractivity contribution in [2.24, 2.45) is 0 Å². The van der Waals surface area contributed by atoms with Gasteiger partial charge < -0.3 is 25.3 Å². The van der Waals surface area contributed by atoms with Gasteiger partial charge in [0.15, 0.2) is 5.82 Å². The first-order chi connectivity index (χ1) is 17.7. The Kier molecular flexibility index (Phi) is 12.0. The predicted octanol–water partition coefficient (Wildman–Crippen LogP) is 4.90. The number of anilines is 3. The first-order valence-electron chi connectivity index (χ1n) is 11.3. The topological polar surface area (TPSA) is 123 Å². The molecule has 3 N–H and O–H groups in total. The second kappa shape index (κ2) is 15.2. The van der Waals surface area contributed by atoms with E-state index < -0.39 is 11.9 Å². The molecule has 10 heteroatoms. The molecule has 194 valence electrons. The van der Waals surface area contributed by atoms with Crippen LogP contribution in [0.3, 0.4) is 0 Å². The molecule has 3 rings (SSSR count). The summed E-state index contributed by atoms with van der Waals surface area (Å²) in [4.78, 5) is 40.9. The van der Waals surface area contributed by atoms with E-state index in [0.29, 0.717) is 23.4 Å². The fourth-order valence-corrected chi connectivity index (χ4v) is 3.66.